The summed E-state index contributed by atoms with van der Waals surface area (Å²) in [4.78, 5) is 28.2. The molecule has 0 saturated carbocycles. The largest absolute Gasteiger partial charge is 0.493 e. The van der Waals surface area contributed by atoms with Crippen LogP contribution in [0.3, 0.4) is 0 Å². The van der Waals surface area contributed by atoms with Gasteiger partial charge in [-0.1, -0.05) is 6.07 Å². The molecule has 7 nitrogen and oxygen atoms in total. The van der Waals surface area contributed by atoms with Gasteiger partial charge >= 0.3 is 0 Å². The number of piperidine rings is 1. The van der Waals surface area contributed by atoms with Crippen molar-refractivity contribution < 1.29 is 14.3 Å². The lowest BCUT2D eigenvalue weighted by Crippen LogP contribution is -2.39. The summed E-state index contributed by atoms with van der Waals surface area (Å²) < 4.78 is 10.6. The first kappa shape index (κ1) is 21.7. The molecule has 2 aromatic heterocycles. The molecular formula is C25H28N4O3. The Kier molecular flexibility index (Phi) is 6.63. The number of hydrogen-bond donors (Lipinski definition) is 0. The standard InChI is InChI=1S/C25H28N4O3/c1-17-27-16-21(19-6-10-26-11-7-19)25(28-17)20-8-12-29(13-9-20)24(30)15-18-4-5-22(31-2)23(14-18)32-3/h4-7,10-11,14,16,20H,8-9,12-13,15H2,1-3H3. The van der Waals surface area contributed by atoms with Gasteiger partial charge in [0.25, 0.3) is 0 Å². The van der Waals surface area contributed by atoms with E-state index in [1.165, 1.54) is 0 Å². The Morgan fingerprint density at radius 1 is 1.06 bits per heavy atom. The molecule has 3 aromatic rings. The lowest BCUT2D eigenvalue weighted by molar-refractivity contribution is -0.131. The van der Waals surface area contributed by atoms with Gasteiger partial charge in [-0.25, -0.2) is 9.97 Å². The van der Waals surface area contributed by atoms with Crippen molar-refractivity contribution in [3.63, 3.8) is 0 Å². The smallest absolute Gasteiger partial charge is 0.226 e. The van der Waals surface area contributed by atoms with Gasteiger partial charge in [0.1, 0.15) is 5.82 Å². The van der Waals surface area contributed by atoms with Gasteiger partial charge < -0.3 is 14.4 Å². The van der Waals surface area contributed by atoms with Crippen LogP contribution in [-0.2, 0) is 11.2 Å². The minimum absolute atomic E-state index is 0.129. The fourth-order valence-electron chi connectivity index (χ4n) is 4.23. The first-order valence-corrected chi connectivity index (χ1v) is 10.8. The summed E-state index contributed by atoms with van der Waals surface area (Å²) in [6.45, 7) is 3.35. The normalized spacial score (nSPS) is 14.3. The van der Waals surface area contributed by atoms with Crippen molar-refractivity contribution in [1.82, 2.24) is 19.9 Å². The van der Waals surface area contributed by atoms with Crippen molar-refractivity contribution in [2.75, 3.05) is 27.3 Å². The highest BCUT2D eigenvalue weighted by Gasteiger charge is 2.27. The van der Waals surface area contributed by atoms with E-state index in [1.807, 2.05) is 48.4 Å². The summed E-state index contributed by atoms with van der Waals surface area (Å²) >= 11 is 0. The minimum Gasteiger partial charge on any atom is -0.493 e. The molecule has 1 aliphatic heterocycles. The van der Waals surface area contributed by atoms with Gasteiger partial charge in [-0.3, -0.25) is 9.78 Å². The van der Waals surface area contributed by atoms with Gasteiger partial charge in [-0.05, 0) is 55.2 Å². The number of carbonyl (C=O) groups excluding carboxylic acids is 1. The molecule has 1 aliphatic rings. The van der Waals surface area contributed by atoms with Gasteiger partial charge in [0.15, 0.2) is 11.5 Å². The van der Waals surface area contributed by atoms with E-state index in [4.69, 9.17) is 14.5 Å². The van der Waals surface area contributed by atoms with Crippen LogP contribution in [-0.4, -0.2) is 53.1 Å². The summed E-state index contributed by atoms with van der Waals surface area (Å²) in [5, 5.41) is 0. The van der Waals surface area contributed by atoms with E-state index in [9.17, 15) is 4.79 Å². The Balaban J connectivity index is 1.44. The van der Waals surface area contributed by atoms with E-state index in [0.29, 0.717) is 23.8 Å². The average molecular weight is 433 g/mol. The van der Waals surface area contributed by atoms with Crippen molar-refractivity contribution in [2.24, 2.45) is 0 Å². The Hall–Kier alpha value is -3.48. The number of rotatable bonds is 6. The molecule has 3 heterocycles. The number of benzene rings is 1. The molecule has 32 heavy (non-hydrogen) atoms. The molecule has 4 rings (SSSR count). The van der Waals surface area contributed by atoms with Crippen LogP contribution in [0.25, 0.3) is 11.1 Å². The molecule has 166 valence electrons. The van der Waals surface area contributed by atoms with Crippen LogP contribution in [0.1, 0.15) is 35.8 Å². The number of ether oxygens (including phenoxy) is 2. The number of nitrogens with zero attached hydrogens (tertiary/aromatic N) is 4. The molecule has 1 fully saturated rings. The molecular weight excluding hydrogens is 404 g/mol. The van der Waals surface area contributed by atoms with Crippen LogP contribution in [0.4, 0.5) is 0 Å². The van der Waals surface area contributed by atoms with Gasteiger partial charge in [-0.2, -0.15) is 0 Å². The third-order valence-corrected chi connectivity index (χ3v) is 5.97. The van der Waals surface area contributed by atoms with Crippen LogP contribution in [0.5, 0.6) is 11.5 Å². The number of likely N-dealkylation sites (tertiary alicyclic amines) is 1. The maximum absolute atomic E-state index is 12.9. The lowest BCUT2D eigenvalue weighted by Gasteiger charge is -2.32. The molecule has 1 amide bonds. The second-order valence-corrected chi connectivity index (χ2v) is 7.97. The highest BCUT2D eigenvalue weighted by molar-refractivity contribution is 5.79. The topological polar surface area (TPSA) is 77.4 Å². The number of pyridine rings is 1. The van der Waals surface area contributed by atoms with E-state index in [0.717, 1.165) is 54.1 Å². The molecule has 0 unspecified atom stereocenters. The van der Waals surface area contributed by atoms with Crippen LogP contribution >= 0.6 is 0 Å². The van der Waals surface area contributed by atoms with Gasteiger partial charge in [0.05, 0.1) is 26.3 Å². The Morgan fingerprint density at radius 2 is 1.78 bits per heavy atom. The fourth-order valence-corrected chi connectivity index (χ4v) is 4.23. The fraction of sp³-hybridized carbons (Fsp3) is 0.360. The van der Waals surface area contributed by atoms with Crippen molar-refractivity contribution >= 4 is 5.91 Å². The minimum atomic E-state index is 0.129. The average Bonchev–Trinajstić information content (AvgIpc) is 2.84. The predicted molar refractivity (Wildman–Crippen MR) is 122 cm³/mol. The summed E-state index contributed by atoms with van der Waals surface area (Å²) in [6, 6.07) is 9.59. The van der Waals surface area contributed by atoms with Crippen LogP contribution in [0, 0.1) is 6.92 Å². The van der Waals surface area contributed by atoms with Crippen molar-refractivity contribution in [3.05, 3.63) is 66.0 Å². The van der Waals surface area contributed by atoms with Crippen LogP contribution in [0.2, 0.25) is 0 Å². The lowest BCUT2D eigenvalue weighted by atomic mass is 9.89. The van der Waals surface area contributed by atoms with Crippen LogP contribution in [0.15, 0.2) is 48.9 Å². The number of aryl methyl sites for hydroxylation is 1. The molecule has 0 radical (unpaired) electrons. The first-order chi connectivity index (χ1) is 15.6. The van der Waals surface area contributed by atoms with E-state index in [-0.39, 0.29) is 5.91 Å². The Bertz CT molecular complexity index is 1080. The van der Waals surface area contributed by atoms with Crippen molar-refractivity contribution in [3.8, 4) is 22.6 Å². The summed E-state index contributed by atoms with van der Waals surface area (Å²) in [5.74, 6) is 2.49. The number of methoxy groups -OCH3 is 2. The molecule has 1 saturated heterocycles. The molecule has 0 N–H and O–H groups in total. The van der Waals surface area contributed by atoms with Crippen LogP contribution < -0.4 is 9.47 Å². The van der Waals surface area contributed by atoms with Gasteiger partial charge in [-0.15, -0.1) is 0 Å². The Labute approximate surface area is 188 Å². The van der Waals surface area contributed by atoms with Crippen molar-refractivity contribution in [2.45, 2.75) is 32.1 Å². The zero-order valence-corrected chi connectivity index (χ0v) is 18.7. The summed E-state index contributed by atoms with van der Waals surface area (Å²) in [7, 11) is 3.20. The van der Waals surface area contributed by atoms with E-state index in [1.54, 1.807) is 26.6 Å². The van der Waals surface area contributed by atoms with Gasteiger partial charge in [0, 0.05) is 43.2 Å². The summed E-state index contributed by atoms with van der Waals surface area (Å²) in [6.07, 6.45) is 7.59. The number of hydrogen-bond acceptors (Lipinski definition) is 6. The zero-order valence-electron chi connectivity index (χ0n) is 18.7. The van der Waals surface area contributed by atoms with E-state index < -0.39 is 0 Å². The maximum Gasteiger partial charge on any atom is 0.226 e. The monoisotopic (exact) mass is 432 g/mol. The maximum atomic E-state index is 12.9. The number of amides is 1. The Morgan fingerprint density at radius 3 is 2.47 bits per heavy atom. The first-order valence-electron chi connectivity index (χ1n) is 10.8. The zero-order chi connectivity index (χ0) is 22.5. The molecule has 0 atom stereocenters. The SMILES string of the molecule is COc1ccc(CC(=O)N2CCC(c3nc(C)ncc3-c3ccncc3)CC2)cc1OC. The third kappa shape index (κ3) is 4.72. The van der Waals surface area contributed by atoms with Gasteiger partial charge in [0.2, 0.25) is 5.91 Å². The number of aromatic nitrogens is 3. The second kappa shape index (κ2) is 9.77. The molecule has 1 aromatic carbocycles. The second-order valence-electron chi connectivity index (χ2n) is 7.97. The highest BCUT2D eigenvalue weighted by Crippen LogP contribution is 2.34. The highest BCUT2D eigenvalue weighted by atomic mass is 16.5. The molecule has 7 heteroatoms. The van der Waals surface area contributed by atoms with E-state index in [2.05, 4.69) is 9.97 Å². The third-order valence-electron chi connectivity index (χ3n) is 5.97. The van der Waals surface area contributed by atoms with Crippen molar-refractivity contribution in [1.29, 1.82) is 0 Å². The quantitative estimate of drug-likeness (QED) is 0.589. The van der Waals surface area contributed by atoms with E-state index >= 15 is 0 Å². The summed E-state index contributed by atoms with van der Waals surface area (Å²) in [5.41, 5.74) is 4.10. The molecule has 0 aliphatic carbocycles. The number of carbonyl (C=O) groups is 1. The molecule has 0 bridgehead atoms. The predicted octanol–water partition coefficient (Wildman–Crippen LogP) is 3.81. The molecule has 0 spiro atoms.